The van der Waals surface area contributed by atoms with Crippen LogP contribution in [-0.4, -0.2) is 62.8 Å². The number of carbonyl (C=O) groups excluding carboxylic acids is 1. The van der Waals surface area contributed by atoms with Crippen molar-refractivity contribution in [2.45, 2.75) is 45.4 Å². The Bertz CT molecular complexity index is 472. The summed E-state index contributed by atoms with van der Waals surface area (Å²) in [5.41, 5.74) is 0.537. The molecule has 0 aliphatic rings. The number of carbonyl (C=O) groups is 1. The van der Waals surface area contributed by atoms with Crippen LogP contribution < -0.4 is 5.32 Å². The van der Waals surface area contributed by atoms with Crippen LogP contribution in [-0.2, 0) is 14.9 Å². The van der Waals surface area contributed by atoms with Gasteiger partial charge >= 0.3 is 0 Å². The molecule has 0 aromatic heterocycles. The minimum absolute atomic E-state index is 0.0795. The molecule has 0 saturated heterocycles. The molecule has 0 rings (SSSR count). The average molecular weight is 349 g/mol. The summed E-state index contributed by atoms with van der Waals surface area (Å²) in [6.45, 7) is 7.66. The third-order valence-electron chi connectivity index (χ3n) is 3.77. The van der Waals surface area contributed by atoms with Crippen LogP contribution in [0, 0.1) is 0 Å². The highest BCUT2D eigenvalue weighted by atomic mass is 32.2. The SMILES string of the molecule is C=C(C)C(=O)NCCCCCCC[N+](C)(C)CCCS(=O)(=O)[O-]. The van der Waals surface area contributed by atoms with Gasteiger partial charge in [0, 0.05) is 24.3 Å². The molecular weight excluding hydrogens is 316 g/mol. The predicted octanol–water partition coefficient (Wildman–Crippen LogP) is 1.64. The first-order valence-corrected chi connectivity index (χ1v) is 9.80. The van der Waals surface area contributed by atoms with Gasteiger partial charge in [0.05, 0.1) is 37.3 Å². The zero-order valence-electron chi connectivity index (χ0n) is 14.8. The second kappa shape index (κ2) is 10.8. The van der Waals surface area contributed by atoms with Crippen LogP contribution in [0.3, 0.4) is 0 Å². The van der Waals surface area contributed by atoms with Crippen LogP contribution in [0.5, 0.6) is 0 Å². The van der Waals surface area contributed by atoms with Gasteiger partial charge in [-0.05, 0) is 26.2 Å². The molecule has 23 heavy (non-hydrogen) atoms. The van der Waals surface area contributed by atoms with E-state index in [2.05, 4.69) is 26.0 Å². The van der Waals surface area contributed by atoms with E-state index in [0.29, 0.717) is 25.1 Å². The molecule has 6 nitrogen and oxygen atoms in total. The van der Waals surface area contributed by atoms with E-state index in [1.54, 1.807) is 6.92 Å². The largest absolute Gasteiger partial charge is 0.748 e. The van der Waals surface area contributed by atoms with Gasteiger partial charge in [0.25, 0.3) is 0 Å². The molecule has 136 valence electrons. The molecular formula is C16H32N2O4S. The highest BCUT2D eigenvalue weighted by Gasteiger charge is 2.14. The highest BCUT2D eigenvalue weighted by Crippen LogP contribution is 2.08. The summed E-state index contributed by atoms with van der Waals surface area (Å²) in [7, 11) is 0.0287. The summed E-state index contributed by atoms with van der Waals surface area (Å²) in [6, 6.07) is 0. The molecule has 0 radical (unpaired) electrons. The Morgan fingerprint density at radius 1 is 1.04 bits per heavy atom. The quantitative estimate of drug-likeness (QED) is 0.237. The van der Waals surface area contributed by atoms with E-state index in [1.807, 2.05) is 0 Å². The van der Waals surface area contributed by atoms with Crippen LogP contribution in [0.25, 0.3) is 0 Å². The lowest BCUT2D eigenvalue weighted by Gasteiger charge is -2.30. The topological polar surface area (TPSA) is 86.3 Å². The molecule has 0 aromatic carbocycles. The Morgan fingerprint density at radius 3 is 2.13 bits per heavy atom. The van der Waals surface area contributed by atoms with Crippen LogP contribution in [0.15, 0.2) is 12.2 Å². The van der Waals surface area contributed by atoms with Crippen molar-refractivity contribution in [1.29, 1.82) is 0 Å². The third kappa shape index (κ3) is 14.4. The van der Waals surface area contributed by atoms with Crippen molar-refractivity contribution in [3.05, 3.63) is 12.2 Å². The number of quaternary nitrogens is 1. The lowest BCUT2D eigenvalue weighted by atomic mass is 10.1. The van der Waals surface area contributed by atoms with Crippen LogP contribution >= 0.6 is 0 Å². The van der Waals surface area contributed by atoms with Crippen molar-refractivity contribution in [2.24, 2.45) is 0 Å². The van der Waals surface area contributed by atoms with Gasteiger partial charge in [-0.25, -0.2) is 8.42 Å². The molecule has 0 saturated carbocycles. The summed E-state index contributed by atoms with van der Waals surface area (Å²) in [5, 5.41) is 2.82. The molecule has 0 bridgehead atoms. The first kappa shape index (κ1) is 22.1. The minimum atomic E-state index is -4.09. The van der Waals surface area contributed by atoms with Gasteiger partial charge in [-0.3, -0.25) is 4.79 Å². The van der Waals surface area contributed by atoms with E-state index in [-0.39, 0.29) is 11.7 Å². The van der Waals surface area contributed by atoms with Crippen molar-refractivity contribution < 1.29 is 22.2 Å². The number of nitrogens with zero attached hydrogens (tertiary/aromatic N) is 1. The summed E-state index contributed by atoms with van der Waals surface area (Å²) >= 11 is 0. The summed E-state index contributed by atoms with van der Waals surface area (Å²) in [5.74, 6) is -0.353. The molecule has 0 spiro atoms. The van der Waals surface area contributed by atoms with Crippen molar-refractivity contribution >= 4 is 16.0 Å². The molecule has 0 atom stereocenters. The van der Waals surface area contributed by atoms with Crippen molar-refractivity contribution in [3.63, 3.8) is 0 Å². The summed E-state index contributed by atoms with van der Waals surface area (Å²) in [6.07, 6.45) is 5.79. The smallest absolute Gasteiger partial charge is 0.246 e. The molecule has 0 heterocycles. The Labute approximate surface area is 141 Å². The van der Waals surface area contributed by atoms with Gasteiger partial charge < -0.3 is 14.4 Å². The van der Waals surface area contributed by atoms with Gasteiger partial charge in [0.2, 0.25) is 5.91 Å². The number of rotatable bonds is 13. The van der Waals surface area contributed by atoms with Crippen LogP contribution in [0.2, 0.25) is 0 Å². The molecule has 0 unspecified atom stereocenters. The van der Waals surface area contributed by atoms with Gasteiger partial charge in [-0.1, -0.05) is 19.4 Å². The van der Waals surface area contributed by atoms with Crippen LogP contribution in [0.1, 0.15) is 45.4 Å². The maximum atomic E-state index is 11.3. The average Bonchev–Trinajstić information content (AvgIpc) is 2.39. The fourth-order valence-corrected chi connectivity index (χ4v) is 2.81. The summed E-state index contributed by atoms with van der Waals surface area (Å²) < 4.78 is 32.5. The molecule has 7 heteroatoms. The number of hydrogen-bond acceptors (Lipinski definition) is 4. The van der Waals surface area contributed by atoms with E-state index < -0.39 is 10.1 Å². The number of amides is 1. The number of hydrogen-bond donors (Lipinski definition) is 1. The normalized spacial score (nSPS) is 12.2. The van der Waals surface area contributed by atoms with E-state index in [0.717, 1.165) is 43.1 Å². The summed E-state index contributed by atoms with van der Waals surface area (Å²) in [4.78, 5) is 11.3. The fourth-order valence-electron chi connectivity index (χ4n) is 2.33. The molecule has 0 aliphatic carbocycles. The maximum absolute atomic E-state index is 11.3. The first-order valence-electron chi connectivity index (χ1n) is 8.23. The van der Waals surface area contributed by atoms with Crippen LogP contribution in [0.4, 0.5) is 0 Å². The molecule has 0 fully saturated rings. The first-order chi connectivity index (χ1) is 10.5. The number of nitrogens with one attached hydrogen (secondary N) is 1. The lowest BCUT2D eigenvalue weighted by Crippen LogP contribution is -2.41. The minimum Gasteiger partial charge on any atom is -0.748 e. The Morgan fingerprint density at radius 2 is 1.57 bits per heavy atom. The van der Waals surface area contributed by atoms with E-state index in [1.165, 1.54) is 0 Å². The Hall–Kier alpha value is -0.920. The highest BCUT2D eigenvalue weighted by molar-refractivity contribution is 7.85. The molecule has 0 aromatic rings. The Kier molecular flexibility index (Phi) is 10.3. The number of unbranched alkanes of at least 4 members (excludes halogenated alkanes) is 4. The standard InChI is InChI=1S/C16H32N2O4S/c1-15(2)16(19)17-11-8-6-5-7-9-12-18(3,4)13-10-14-23(20,21)22/h1,5-14H2,2-4H3,(H-,17,19,20,21,22). The molecule has 1 N–H and O–H groups in total. The molecule has 0 aliphatic heterocycles. The van der Waals surface area contributed by atoms with Crippen molar-refractivity contribution in [1.82, 2.24) is 5.32 Å². The molecule has 1 amide bonds. The van der Waals surface area contributed by atoms with Gasteiger partial charge in [0.15, 0.2) is 0 Å². The van der Waals surface area contributed by atoms with Gasteiger partial charge in [-0.2, -0.15) is 0 Å². The second-order valence-electron chi connectivity index (χ2n) is 6.80. The Balaban J connectivity index is 3.59. The maximum Gasteiger partial charge on any atom is 0.246 e. The lowest BCUT2D eigenvalue weighted by molar-refractivity contribution is -0.890. The van der Waals surface area contributed by atoms with E-state index >= 15 is 0 Å². The van der Waals surface area contributed by atoms with E-state index in [9.17, 15) is 17.8 Å². The zero-order valence-corrected chi connectivity index (χ0v) is 15.6. The fraction of sp³-hybridized carbons (Fsp3) is 0.812. The third-order valence-corrected chi connectivity index (χ3v) is 4.56. The zero-order chi connectivity index (χ0) is 17.9. The predicted molar refractivity (Wildman–Crippen MR) is 91.9 cm³/mol. The van der Waals surface area contributed by atoms with E-state index in [4.69, 9.17) is 0 Å². The second-order valence-corrected chi connectivity index (χ2v) is 8.33. The van der Waals surface area contributed by atoms with Gasteiger partial charge in [-0.15, -0.1) is 0 Å². The van der Waals surface area contributed by atoms with Crippen molar-refractivity contribution in [3.8, 4) is 0 Å². The van der Waals surface area contributed by atoms with Crippen molar-refractivity contribution in [2.75, 3.05) is 39.5 Å². The monoisotopic (exact) mass is 348 g/mol. The van der Waals surface area contributed by atoms with Gasteiger partial charge in [0.1, 0.15) is 0 Å².